The summed E-state index contributed by atoms with van der Waals surface area (Å²) in [6.07, 6.45) is 0. The summed E-state index contributed by atoms with van der Waals surface area (Å²) in [5, 5.41) is 1.31. The van der Waals surface area contributed by atoms with Crippen LogP contribution in [0.15, 0.2) is 29.1 Å². The molecule has 0 saturated carbocycles. The van der Waals surface area contributed by atoms with Gasteiger partial charge in [0.25, 0.3) is 0 Å². The molecule has 2 aromatic heterocycles. The van der Waals surface area contributed by atoms with Crippen molar-refractivity contribution in [3.63, 3.8) is 0 Å². The molecule has 74 valence electrons. The lowest BCUT2D eigenvalue weighted by molar-refractivity contribution is 1.40. The maximum absolute atomic E-state index is 11.3. The quantitative estimate of drug-likeness (QED) is 0.610. The summed E-state index contributed by atoms with van der Waals surface area (Å²) in [5.74, 6) is 0. The lowest BCUT2D eigenvalue weighted by Crippen LogP contribution is -1.90. The molecule has 0 bridgehead atoms. The third-order valence-corrected chi connectivity index (χ3v) is 3.50. The third kappa shape index (κ3) is 1.26. The van der Waals surface area contributed by atoms with Crippen molar-refractivity contribution in [3.8, 4) is 0 Å². The number of rotatable bonds is 0. The van der Waals surface area contributed by atoms with E-state index in [1.54, 1.807) is 0 Å². The molecule has 5 heteroatoms. The predicted octanol–water partition coefficient (Wildman–Crippen LogP) is 2.79. The highest BCUT2D eigenvalue weighted by molar-refractivity contribution is 7.17. The molecule has 3 rings (SSSR count). The van der Waals surface area contributed by atoms with E-state index in [4.69, 9.17) is 11.6 Å². The van der Waals surface area contributed by atoms with E-state index in [-0.39, 0.29) is 4.87 Å². The maximum atomic E-state index is 11.3. The van der Waals surface area contributed by atoms with E-state index in [1.807, 2.05) is 24.3 Å². The van der Waals surface area contributed by atoms with Crippen molar-refractivity contribution in [2.75, 3.05) is 0 Å². The maximum Gasteiger partial charge on any atom is 0.305 e. The highest BCUT2D eigenvalue weighted by Crippen LogP contribution is 2.28. The van der Waals surface area contributed by atoms with E-state index < -0.39 is 0 Å². The van der Waals surface area contributed by atoms with Crippen LogP contribution >= 0.6 is 22.9 Å². The number of halogens is 1. The standard InChI is InChI=1S/C10H5ClN2OS/c11-9-8-7(13-10(14)15-8)5-3-1-2-4-6(5)12-9/h1-4H,(H,13,14). The van der Waals surface area contributed by atoms with E-state index in [1.165, 1.54) is 0 Å². The molecule has 0 amide bonds. The number of hydrogen-bond donors (Lipinski definition) is 1. The number of H-pyrrole nitrogens is 1. The van der Waals surface area contributed by atoms with Gasteiger partial charge in [-0.25, -0.2) is 4.98 Å². The summed E-state index contributed by atoms with van der Waals surface area (Å²) in [7, 11) is 0. The van der Waals surface area contributed by atoms with Gasteiger partial charge in [0.15, 0.2) is 0 Å². The van der Waals surface area contributed by atoms with Crippen LogP contribution in [0.25, 0.3) is 21.1 Å². The summed E-state index contributed by atoms with van der Waals surface area (Å²) >= 11 is 7.08. The van der Waals surface area contributed by atoms with Crippen molar-refractivity contribution in [2.24, 2.45) is 0 Å². The molecule has 0 atom stereocenters. The van der Waals surface area contributed by atoms with Crippen molar-refractivity contribution in [1.29, 1.82) is 0 Å². The molecule has 2 heterocycles. The minimum atomic E-state index is -0.106. The van der Waals surface area contributed by atoms with Gasteiger partial charge >= 0.3 is 4.87 Å². The fraction of sp³-hybridized carbons (Fsp3) is 0. The Morgan fingerprint density at radius 1 is 1.33 bits per heavy atom. The molecule has 1 N–H and O–H groups in total. The topological polar surface area (TPSA) is 45.8 Å². The molecule has 0 aliphatic heterocycles. The second-order valence-corrected chi connectivity index (χ2v) is 4.48. The first kappa shape index (κ1) is 8.88. The minimum Gasteiger partial charge on any atom is -0.312 e. The van der Waals surface area contributed by atoms with Gasteiger partial charge in [-0.15, -0.1) is 0 Å². The van der Waals surface area contributed by atoms with Crippen LogP contribution in [0.5, 0.6) is 0 Å². The van der Waals surface area contributed by atoms with Crippen LogP contribution in [-0.4, -0.2) is 9.97 Å². The molecule has 15 heavy (non-hydrogen) atoms. The Bertz CT molecular complexity index is 716. The monoisotopic (exact) mass is 236 g/mol. The summed E-state index contributed by atoms with van der Waals surface area (Å²) in [5.41, 5.74) is 1.57. The van der Waals surface area contributed by atoms with Crippen LogP contribution in [0, 0.1) is 0 Å². The van der Waals surface area contributed by atoms with E-state index >= 15 is 0 Å². The Morgan fingerprint density at radius 2 is 2.13 bits per heavy atom. The molecule has 0 radical (unpaired) electrons. The third-order valence-electron chi connectivity index (χ3n) is 2.23. The number of hydrogen-bond acceptors (Lipinski definition) is 3. The summed E-state index contributed by atoms with van der Waals surface area (Å²) < 4.78 is 0.723. The van der Waals surface area contributed by atoms with Crippen molar-refractivity contribution in [3.05, 3.63) is 39.1 Å². The highest BCUT2D eigenvalue weighted by Gasteiger charge is 2.09. The van der Waals surface area contributed by atoms with E-state index in [0.717, 1.165) is 32.5 Å². The van der Waals surface area contributed by atoms with Gasteiger partial charge in [-0.05, 0) is 6.07 Å². The van der Waals surface area contributed by atoms with Crippen molar-refractivity contribution in [2.45, 2.75) is 0 Å². The molecule has 0 unspecified atom stereocenters. The fourth-order valence-corrected chi connectivity index (χ4v) is 2.63. The predicted molar refractivity (Wildman–Crippen MR) is 62.8 cm³/mol. The first-order chi connectivity index (χ1) is 7.25. The first-order valence-electron chi connectivity index (χ1n) is 4.33. The average molecular weight is 237 g/mol. The Morgan fingerprint density at radius 3 is 3.00 bits per heavy atom. The number of pyridine rings is 1. The summed E-state index contributed by atoms with van der Waals surface area (Å²) in [6, 6.07) is 7.59. The molecule has 1 aromatic carbocycles. The number of nitrogens with zero attached hydrogens (tertiary/aromatic N) is 1. The molecule has 3 nitrogen and oxygen atoms in total. The van der Waals surface area contributed by atoms with E-state index in [9.17, 15) is 4.79 Å². The van der Waals surface area contributed by atoms with Gasteiger partial charge in [0.1, 0.15) is 5.15 Å². The Kier molecular flexibility index (Phi) is 1.81. The number of thiazole rings is 1. The van der Waals surface area contributed by atoms with Gasteiger partial charge < -0.3 is 4.98 Å². The highest BCUT2D eigenvalue weighted by atomic mass is 35.5. The number of para-hydroxylation sites is 1. The Balaban J connectivity index is 2.69. The normalized spacial score (nSPS) is 11.3. The molecule has 0 aliphatic rings. The number of fused-ring (bicyclic) bond motifs is 3. The van der Waals surface area contributed by atoms with Crippen LogP contribution in [0.1, 0.15) is 0 Å². The second kappa shape index (κ2) is 3.05. The zero-order valence-electron chi connectivity index (χ0n) is 7.45. The fourth-order valence-electron chi connectivity index (χ4n) is 1.60. The number of aromatic nitrogens is 2. The number of nitrogens with one attached hydrogen (secondary N) is 1. The van der Waals surface area contributed by atoms with Crippen molar-refractivity contribution >= 4 is 44.1 Å². The van der Waals surface area contributed by atoms with Crippen LogP contribution in [-0.2, 0) is 0 Å². The zero-order chi connectivity index (χ0) is 10.4. The van der Waals surface area contributed by atoms with Gasteiger partial charge in [-0.3, -0.25) is 4.79 Å². The molecule has 3 aromatic rings. The Labute approximate surface area is 93.3 Å². The molecule has 0 spiro atoms. The lowest BCUT2D eigenvalue weighted by atomic mass is 10.2. The van der Waals surface area contributed by atoms with Gasteiger partial charge in [-0.1, -0.05) is 41.1 Å². The SMILES string of the molecule is O=c1[nH]c2c(s1)c(Cl)nc1ccccc12. The lowest BCUT2D eigenvalue weighted by Gasteiger charge is -1.98. The minimum absolute atomic E-state index is 0.106. The van der Waals surface area contributed by atoms with Gasteiger partial charge in [0.2, 0.25) is 0 Å². The van der Waals surface area contributed by atoms with Gasteiger partial charge in [0.05, 0.1) is 15.7 Å². The second-order valence-electron chi connectivity index (χ2n) is 3.14. The van der Waals surface area contributed by atoms with Crippen LogP contribution < -0.4 is 4.87 Å². The Hall–Kier alpha value is -1.39. The van der Waals surface area contributed by atoms with Crippen molar-refractivity contribution in [1.82, 2.24) is 9.97 Å². The number of aromatic amines is 1. The molecule has 0 fully saturated rings. The summed E-state index contributed by atoms with van der Waals surface area (Å²) in [6.45, 7) is 0. The first-order valence-corrected chi connectivity index (χ1v) is 5.52. The molecule has 0 saturated heterocycles. The largest absolute Gasteiger partial charge is 0.312 e. The van der Waals surface area contributed by atoms with E-state index in [2.05, 4.69) is 9.97 Å². The van der Waals surface area contributed by atoms with Gasteiger partial charge in [0, 0.05) is 5.39 Å². The molecular formula is C10H5ClN2OS. The molecule has 0 aliphatic carbocycles. The number of benzene rings is 1. The average Bonchev–Trinajstić information content (AvgIpc) is 2.61. The molecular weight excluding hydrogens is 232 g/mol. The smallest absolute Gasteiger partial charge is 0.305 e. The zero-order valence-corrected chi connectivity index (χ0v) is 9.02. The summed E-state index contributed by atoms with van der Waals surface area (Å²) in [4.78, 5) is 18.2. The van der Waals surface area contributed by atoms with Crippen LogP contribution in [0.2, 0.25) is 5.15 Å². The van der Waals surface area contributed by atoms with Crippen molar-refractivity contribution < 1.29 is 0 Å². The van der Waals surface area contributed by atoms with Gasteiger partial charge in [-0.2, -0.15) is 0 Å². The van der Waals surface area contributed by atoms with Crippen LogP contribution in [0.3, 0.4) is 0 Å². The van der Waals surface area contributed by atoms with E-state index in [0.29, 0.717) is 5.15 Å². The van der Waals surface area contributed by atoms with Crippen LogP contribution in [0.4, 0.5) is 0 Å².